The summed E-state index contributed by atoms with van der Waals surface area (Å²) in [5, 5.41) is 17.1. The van der Waals surface area contributed by atoms with Gasteiger partial charge in [0.1, 0.15) is 0 Å². The van der Waals surface area contributed by atoms with E-state index in [1.807, 2.05) is 13.8 Å². The van der Waals surface area contributed by atoms with Gasteiger partial charge in [-0.25, -0.2) is 0 Å². The molecule has 2 rings (SSSR count). The molecule has 0 aromatic carbocycles. The maximum atomic E-state index is 12.6. The first-order valence-electron chi connectivity index (χ1n) is 6.37. The number of aliphatic hydroxyl groups excluding tert-OH is 1. The van der Waals surface area contributed by atoms with E-state index in [9.17, 15) is 4.79 Å². The number of morpholine rings is 1. The van der Waals surface area contributed by atoms with E-state index in [1.165, 1.54) is 0 Å². The fourth-order valence-corrected chi connectivity index (χ4v) is 2.13. The van der Waals surface area contributed by atoms with Crippen molar-refractivity contribution < 1.29 is 14.6 Å². The average molecular weight is 265 g/mol. The minimum absolute atomic E-state index is 0.0110. The summed E-state index contributed by atoms with van der Waals surface area (Å²) in [5.74, 6) is -0.0789. The van der Waals surface area contributed by atoms with Crippen molar-refractivity contribution in [1.29, 1.82) is 0 Å². The lowest BCUT2D eigenvalue weighted by Gasteiger charge is -2.37. The van der Waals surface area contributed by atoms with Crippen molar-refractivity contribution >= 4 is 5.91 Å². The second-order valence-electron chi connectivity index (χ2n) is 4.93. The third-order valence-electron chi connectivity index (χ3n) is 3.30. The Labute approximate surface area is 112 Å². The van der Waals surface area contributed by atoms with E-state index in [-0.39, 0.29) is 24.7 Å². The van der Waals surface area contributed by atoms with Crippen molar-refractivity contribution in [3.05, 3.63) is 23.0 Å². The minimum atomic E-state index is -0.309. The second kappa shape index (κ2) is 5.63. The fourth-order valence-electron chi connectivity index (χ4n) is 2.13. The zero-order valence-electron chi connectivity index (χ0n) is 11.5. The Hall–Kier alpha value is -1.53. The summed E-state index contributed by atoms with van der Waals surface area (Å²) >= 11 is 0. The summed E-state index contributed by atoms with van der Waals surface area (Å²) in [6.45, 7) is 6.27. The number of aromatic nitrogens is 2. The highest BCUT2D eigenvalue weighted by Crippen LogP contribution is 2.17. The number of aliphatic hydroxyl groups is 1. The first kappa shape index (κ1) is 13.9. The molecule has 0 bridgehead atoms. The van der Waals surface area contributed by atoms with Crippen molar-refractivity contribution in [2.75, 3.05) is 19.8 Å². The third-order valence-corrected chi connectivity index (χ3v) is 3.30. The van der Waals surface area contributed by atoms with Gasteiger partial charge in [0, 0.05) is 6.54 Å². The Kier molecular flexibility index (Phi) is 4.11. The molecule has 0 spiro atoms. The molecule has 1 aliphatic rings. The molecule has 1 fully saturated rings. The van der Waals surface area contributed by atoms with E-state index in [4.69, 9.17) is 9.84 Å². The van der Waals surface area contributed by atoms with Crippen LogP contribution in [0.4, 0.5) is 0 Å². The molecule has 0 aliphatic carbocycles. The normalized spacial score (nSPS) is 23.5. The van der Waals surface area contributed by atoms with Gasteiger partial charge >= 0.3 is 0 Å². The molecule has 2 heterocycles. The lowest BCUT2D eigenvalue weighted by molar-refractivity contribution is -0.0667. The molecule has 1 aromatic heterocycles. The van der Waals surface area contributed by atoms with E-state index in [0.717, 1.165) is 0 Å². The van der Waals surface area contributed by atoms with Gasteiger partial charge in [-0.2, -0.15) is 10.2 Å². The van der Waals surface area contributed by atoms with Crippen LogP contribution >= 0.6 is 0 Å². The van der Waals surface area contributed by atoms with Crippen LogP contribution in [0.2, 0.25) is 0 Å². The van der Waals surface area contributed by atoms with E-state index >= 15 is 0 Å². The van der Waals surface area contributed by atoms with Gasteiger partial charge in [0.05, 0.1) is 42.3 Å². The van der Waals surface area contributed by atoms with Crippen LogP contribution in [0.15, 0.2) is 6.07 Å². The van der Waals surface area contributed by atoms with Crippen LogP contribution in [0.5, 0.6) is 0 Å². The fraction of sp³-hybridized carbons (Fsp3) is 0.615. The van der Waals surface area contributed by atoms with Crippen molar-refractivity contribution in [3.63, 3.8) is 0 Å². The topological polar surface area (TPSA) is 75.6 Å². The number of hydrogen-bond acceptors (Lipinski definition) is 5. The van der Waals surface area contributed by atoms with Crippen molar-refractivity contribution in [2.24, 2.45) is 0 Å². The molecular weight excluding hydrogens is 246 g/mol. The smallest absolute Gasteiger partial charge is 0.256 e. The lowest BCUT2D eigenvalue weighted by Crippen LogP contribution is -2.52. The molecule has 1 saturated heterocycles. The number of carbonyl (C=O) groups is 1. The van der Waals surface area contributed by atoms with E-state index in [2.05, 4.69) is 10.2 Å². The van der Waals surface area contributed by atoms with Crippen LogP contribution in [0.1, 0.15) is 28.7 Å². The quantitative estimate of drug-likeness (QED) is 0.833. The highest BCUT2D eigenvalue weighted by molar-refractivity contribution is 5.95. The van der Waals surface area contributed by atoms with Crippen LogP contribution in [0.25, 0.3) is 0 Å². The Balaban J connectivity index is 2.24. The van der Waals surface area contributed by atoms with Gasteiger partial charge in [-0.3, -0.25) is 4.79 Å². The number of ether oxygens (including phenoxy) is 1. The summed E-state index contributed by atoms with van der Waals surface area (Å²) in [7, 11) is 0. The Morgan fingerprint density at radius 3 is 2.95 bits per heavy atom. The SMILES string of the molecule is Cc1cc(C(=O)N2CC(CO)OCC2C)c(C)nn1. The second-order valence-corrected chi connectivity index (χ2v) is 4.93. The molecule has 1 amide bonds. The molecule has 19 heavy (non-hydrogen) atoms. The van der Waals surface area contributed by atoms with Crippen LogP contribution < -0.4 is 0 Å². The van der Waals surface area contributed by atoms with Gasteiger partial charge < -0.3 is 14.7 Å². The lowest BCUT2D eigenvalue weighted by atomic mass is 10.1. The molecule has 0 radical (unpaired) electrons. The van der Waals surface area contributed by atoms with Crippen molar-refractivity contribution in [1.82, 2.24) is 15.1 Å². The zero-order chi connectivity index (χ0) is 14.0. The Morgan fingerprint density at radius 1 is 1.53 bits per heavy atom. The predicted molar refractivity (Wildman–Crippen MR) is 68.8 cm³/mol. The summed E-state index contributed by atoms with van der Waals surface area (Å²) in [5.41, 5.74) is 1.90. The molecule has 0 saturated carbocycles. The van der Waals surface area contributed by atoms with Gasteiger partial charge in [0.2, 0.25) is 0 Å². The number of aryl methyl sites for hydroxylation is 2. The molecule has 1 aliphatic heterocycles. The van der Waals surface area contributed by atoms with Gasteiger partial charge in [-0.05, 0) is 26.8 Å². The van der Waals surface area contributed by atoms with E-state index < -0.39 is 0 Å². The molecule has 6 heteroatoms. The first-order chi connectivity index (χ1) is 9.02. The molecule has 6 nitrogen and oxygen atoms in total. The van der Waals surface area contributed by atoms with Crippen molar-refractivity contribution in [3.8, 4) is 0 Å². The summed E-state index contributed by atoms with van der Waals surface area (Å²) in [4.78, 5) is 14.3. The monoisotopic (exact) mass is 265 g/mol. The number of amides is 1. The van der Waals surface area contributed by atoms with Gasteiger partial charge in [-0.1, -0.05) is 0 Å². The molecule has 2 unspecified atom stereocenters. The average Bonchev–Trinajstić information content (AvgIpc) is 2.41. The zero-order valence-corrected chi connectivity index (χ0v) is 11.5. The van der Waals surface area contributed by atoms with E-state index in [0.29, 0.717) is 30.1 Å². The summed E-state index contributed by atoms with van der Waals surface area (Å²) < 4.78 is 5.44. The van der Waals surface area contributed by atoms with Crippen LogP contribution in [0, 0.1) is 13.8 Å². The molecule has 1 aromatic rings. The Morgan fingerprint density at radius 2 is 2.26 bits per heavy atom. The Bertz CT molecular complexity index is 478. The summed E-state index contributed by atoms with van der Waals surface area (Å²) in [6.07, 6.45) is -0.309. The van der Waals surface area contributed by atoms with Gasteiger partial charge in [-0.15, -0.1) is 0 Å². The number of carbonyl (C=O) groups excluding carboxylic acids is 1. The standard InChI is InChI=1S/C13H19N3O3/c1-8-4-12(10(3)15-14-8)13(18)16-5-11(6-17)19-7-9(16)2/h4,9,11,17H,5-7H2,1-3H3. The highest BCUT2D eigenvalue weighted by Gasteiger charge is 2.30. The maximum absolute atomic E-state index is 12.6. The highest BCUT2D eigenvalue weighted by atomic mass is 16.5. The number of hydrogen-bond donors (Lipinski definition) is 1. The third kappa shape index (κ3) is 2.90. The summed E-state index contributed by atoms with van der Waals surface area (Å²) in [6, 6.07) is 1.74. The molecule has 104 valence electrons. The molecule has 1 N–H and O–H groups in total. The molecule has 2 atom stereocenters. The van der Waals surface area contributed by atoms with Crippen LogP contribution in [-0.4, -0.2) is 58.0 Å². The van der Waals surface area contributed by atoms with E-state index in [1.54, 1.807) is 17.9 Å². The minimum Gasteiger partial charge on any atom is -0.394 e. The largest absolute Gasteiger partial charge is 0.394 e. The predicted octanol–water partition coefficient (Wildman–Crippen LogP) is 0.315. The molecular formula is C13H19N3O3. The van der Waals surface area contributed by atoms with Gasteiger partial charge in [0.25, 0.3) is 5.91 Å². The maximum Gasteiger partial charge on any atom is 0.256 e. The number of rotatable bonds is 2. The van der Waals surface area contributed by atoms with Crippen LogP contribution in [0.3, 0.4) is 0 Å². The number of nitrogens with zero attached hydrogens (tertiary/aromatic N) is 3. The van der Waals surface area contributed by atoms with Gasteiger partial charge in [0.15, 0.2) is 0 Å². The van der Waals surface area contributed by atoms with Crippen molar-refractivity contribution in [2.45, 2.75) is 32.9 Å². The van der Waals surface area contributed by atoms with Crippen LogP contribution in [-0.2, 0) is 4.74 Å². The first-order valence-corrected chi connectivity index (χ1v) is 6.37.